The van der Waals surface area contributed by atoms with Gasteiger partial charge in [0.2, 0.25) is 11.8 Å². The number of nitrogens with zero attached hydrogens (tertiary/aromatic N) is 2. The third kappa shape index (κ3) is 8.11. The minimum absolute atomic E-state index is 0.138. The van der Waals surface area contributed by atoms with Gasteiger partial charge in [0.05, 0.1) is 10.6 Å². The van der Waals surface area contributed by atoms with Gasteiger partial charge in [0.25, 0.3) is 5.69 Å². The summed E-state index contributed by atoms with van der Waals surface area (Å²) in [5.74, 6) is -0.527. The molecule has 0 spiro atoms. The third-order valence-electron chi connectivity index (χ3n) is 5.53. The van der Waals surface area contributed by atoms with Crippen molar-refractivity contribution in [3.63, 3.8) is 0 Å². The number of carbonyl (C=O) groups excluding carboxylic acids is 2. The Kier molecular flexibility index (Phi) is 10.1. The fourth-order valence-electron chi connectivity index (χ4n) is 3.76. The number of nitro benzene ring substituents is 1. The molecule has 1 aromatic carbocycles. The van der Waals surface area contributed by atoms with Crippen molar-refractivity contribution in [3.05, 3.63) is 33.9 Å². The molecule has 0 radical (unpaired) electrons. The van der Waals surface area contributed by atoms with Crippen LogP contribution in [0.3, 0.4) is 0 Å². The zero-order chi connectivity index (χ0) is 22.6. The van der Waals surface area contributed by atoms with Crippen LogP contribution in [-0.2, 0) is 9.59 Å². The van der Waals surface area contributed by atoms with Crippen LogP contribution in [0.2, 0.25) is 0 Å². The van der Waals surface area contributed by atoms with Gasteiger partial charge in [-0.2, -0.15) is 5.10 Å². The highest BCUT2D eigenvalue weighted by molar-refractivity contribution is 6.06. The number of unbranched alkanes of at least 4 members (excludes halogenated alkanes) is 8. The zero-order valence-electron chi connectivity index (χ0n) is 18.6. The Morgan fingerprint density at radius 2 is 1.81 bits per heavy atom. The van der Waals surface area contributed by atoms with E-state index in [0.717, 1.165) is 19.3 Å². The summed E-state index contributed by atoms with van der Waals surface area (Å²) in [6.45, 7) is 4.06. The van der Waals surface area contributed by atoms with Gasteiger partial charge in [0.1, 0.15) is 5.69 Å². The normalized spacial score (nSPS) is 15.9. The van der Waals surface area contributed by atoms with Gasteiger partial charge in [0, 0.05) is 30.4 Å². The maximum atomic E-state index is 12.3. The molecule has 0 fully saturated rings. The van der Waals surface area contributed by atoms with Crippen LogP contribution in [0.5, 0.6) is 0 Å². The number of hydrazone groups is 1. The topological polar surface area (TPSA) is 114 Å². The number of nitro groups is 1. The number of nitrogens with one attached hydrogen (secondary N) is 2. The highest BCUT2D eigenvalue weighted by atomic mass is 16.6. The number of anilines is 1. The minimum Gasteiger partial charge on any atom is -0.320 e. The van der Waals surface area contributed by atoms with Crippen molar-refractivity contribution in [3.8, 4) is 0 Å². The molecule has 170 valence electrons. The molecule has 0 aliphatic carbocycles. The van der Waals surface area contributed by atoms with Crippen LogP contribution in [0.1, 0.15) is 90.0 Å². The Labute approximate surface area is 184 Å². The fourth-order valence-corrected chi connectivity index (χ4v) is 3.76. The molecule has 2 rings (SSSR count). The van der Waals surface area contributed by atoms with Crippen molar-refractivity contribution in [2.75, 3.05) is 5.32 Å². The zero-order valence-corrected chi connectivity index (χ0v) is 18.6. The van der Waals surface area contributed by atoms with Gasteiger partial charge in [-0.3, -0.25) is 19.7 Å². The van der Waals surface area contributed by atoms with Crippen LogP contribution in [0.25, 0.3) is 0 Å². The number of amides is 2. The Balaban J connectivity index is 1.85. The smallest absolute Gasteiger partial charge is 0.293 e. The van der Waals surface area contributed by atoms with E-state index in [4.69, 9.17) is 0 Å². The van der Waals surface area contributed by atoms with Crippen LogP contribution in [0.15, 0.2) is 23.3 Å². The van der Waals surface area contributed by atoms with Crippen LogP contribution < -0.4 is 10.7 Å². The van der Waals surface area contributed by atoms with E-state index in [1.165, 1.54) is 50.7 Å². The van der Waals surface area contributed by atoms with Gasteiger partial charge in [-0.25, -0.2) is 5.43 Å². The first-order valence-corrected chi connectivity index (χ1v) is 11.4. The van der Waals surface area contributed by atoms with Crippen LogP contribution in [0, 0.1) is 16.0 Å². The highest BCUT2D eigenvalue weighted by Gasteiger charge is 2.24. The van der Waals surface area contributed by atoms with Gasteiger partial charge < -0.3 is 5.32 Å². The molecule has 1 heterocycles. The van der Waals surface area contributed by atoms with E-state index < -0.39 is 4.92 Å². The average molecular weight is 431 g/mol. The molecule has 2 N–H and O–H groups in total. The molecule has 2 amide bonds. The fraction of sp³-hybridized carbons (Fsp3) is 0.609. The number of hydrogen-bond donors (Lipinski definition) is 2. The van der Waals surface area contributed by atoms with E-state index in [-0.39, 0.29) is 35.5 Å². The van der Waals surface area contributed by atoms with Crippen LogP contribution in [-0.4, -0.2) is 22.4 Å². The molecule has 8 nitrogen and oxygen atoms in total. The highest BCUT2D eigenvalue weighted by Crippen LogP contribution is 2.28. The summed E-state index contributed by atoms with van der Waals surface area (Å²) in [7, 11) is 0. The van der Waals surface area contributed by atoms with E-state index >= 15 is 0 Å². The Morgan fingerprint density at radius 3 is 2.42 bits per heavy atom. The molecule has 1 aliphatic rings. The van der Waals surface area contributed by atoms with Gasteiger partial charge in [0.15, 0.2) is 0 Å². The second-order valence-corrected chi connectivity index (χ2v) is 8.25. The monoisotopic (exact) mass is 430 g/mol. The lowest BCUT2D eigenvalue weighted by atomic mass is 9.93. The first-order chi connectivity index (χ1) is 14.9. The van der Waals surface area contributed by atoms with Gasteiger partial charge in [-0.1, -0.05) is 71.3 Å². The van der Waals surface area contributed by atoms with E-state index in [1.54, 1.807) is 6.07 Å². The Morgan fingerprint density at radius 1 is 1.16 bits per heavy atom. The van der Waals surface area contributed by atoms with Crippen molar-refractivity contribution < 1.29 is 14.5 Å². The summed E-state index contributed by atoms with van der Waals surface area (Å²) >= 11 is 0. The van der Waals surface area contributed by atoms with Crippen molar-refractivity contribution in [1.82, 2.24) is 5.43 Å². The molecule has 0 bridgehead atoms. The molecule has 1 aliphatic heterocycles. The first-order valence-electron chi connectivity index (χ1n) is 11.4. The maximum absolute atomic E-state index is 12.3. The largest absolute Gasteiger partial charge is 0.320 e. The van der Waals surface area contributed by atoms with E-state index in [2.05, 4.69) is 22.8 Å². The van der Waals surface area contributed by atoms with Gasteiger partial charge in [-0.15, -0.1) is 0 Å². The summed E-state index contributed by atoms with van der Waals surface area (Å²) in [5.41, 5.74) is 3.58. The molecule has 8 heteroatoms. The van der Waals surface area contributed by atoms with Crippen molar-refractivity contribution in [1.29, 1.82) is 0 Å². The first kappa shape index (κ1) is 24.5. The quantitative estimate of drug-likeness (QED) is 0.250. The summed E-state index contributed by atoms with van der Waals surface area (Å²) in [6, 6.07) is 4.63. The predicted octanol–water partition coefficient (Wildman–Crippen LogP) is 5.31. The lowest BCUT2D eigenvalue weighted by Crippen LogP contribution is -2.32. The molecule has 0 aromatic heterocycles. The number of hydrogen-bond acceptors (Lipinski definition) is 5. The van der Waals surface area contributed by atoms with Crippen molar-refractivity contribution >= 4 is 28.9 Å². The van der Waals surface area contributed by atoms with Crippen molar-refractivity contribution in [2.45, 2.75) is 84.5 Å². The summed E-state index contributed by atoms with van der Waals surface area (Å²) in [5, 5.41) is 18.3. The lowest BCUT2D eigenvalue weighted by molar-refractivity contribution is -0.383. The summed E-state index contributed by atoms with van der Waals surface area (Å²) in [6.07, 6.45) is 11.1. The van der Waals surface area contributed by atoms with E-state index in [0.29, 0.717) is 17.7 Å². The van der Waals surface area contributed by atoms with E-state index in [1.807, 2.05) is 6.92 Å². The van der Waals surface area contributed by atoms with Gasteiger partial charge in [-0.05, 0) is 12.5 Å². The lowest BCUT2D eigenvalue weighted by Gasteiger charge is -2.19. The molecule has 1 atom stereocenters. The van der Waals surface area contributed by atoms with Crippen LogP contribution in [0.4, 0.5) is 11.4 Å². The minimum atomic E-state index is -0.510. The SMILES string of the molecule is CCCCCCCCCCCC(=O)Nc1ccc(C2=NNC(=O)CC2C)cc1[N+](=O)[O-]. The van der Waals surface area contributed by atoms with Crippen LogP contribution >= 0.6 is 0 Å². The number of carbonyl (C=O) groups is 2. The summed E-state index contributed by atoms with van der Waals surface area (Å²) in [4.78, 5) is 34.7. The molecular formula is C23H34N4O4. The standard InChI is InChI=1S/C23H34N4O4/c1-3-4-5-6-7-8-9-10-11-12-21(28)24-19-14-13-18(16-20(19)27(30)31)23-17(2)15-22(29)25-26-23/h13-14,16-17H,3-12,15H2,1-2H3,(H,24,28)(H,25,29). The second-order valence-electron chi connectivity index (χ2n) is 8.25. The Hall–Kier alpha value is -2.77. The molecule has 31 heavy (non-hydrogen) atoms. The molecular weight excluding hydrogens is 396 g/mol. The van der Waals surface area contributed by atoms with Gasteiger partial charge >= 0.3 is 0 Å². The molecule has 0 saturated heterocycles. The van der Waals surface area contributed by atoms with E-state index in [9.17, 15) is 19.7 Å². The molecule has 0 saturated carbocycles. The predicted molar refractivity (Wildman–Crippen MR) is 122 cm³/mol. The van der Waals surface area contributed by atoms with Crippen molar-refractivity contribution in [2.24, 2.45) is 11.0 Å². The number of benzene rings is 1. The second kappa shape index (κ2) is 12.8. The maximum Gasteiger partial charge on any atom is 0.293 e. The summed E-state index contributed by atoms with van der Waals surface area (Å²) < 4.78 is 0. The molecule has 1 unspecified atom stereocenters. The molecule has 1 aromatic rings. The Bertz CT molecular complexity index is 807. The number of rotatable bonds is 13. The average Bonchev–Trinajstić information content (AvgIpc) is 2.73. The third-order valence-corrected chi connectivity index (χ3v) is 5.53.